The fourth-order valence-corrected chi connectivity index (χ4v) is 4.70. The lowest BCUT2D eigenvalue weighted by atomic mass is 9.95. The summed E-state index contributed by atoms with van der Waals surface area (Å²) in [6.45, 7) is 7.56. The second-order valence-electron chi connectivity index (χ2n) is 9.89. The molecule has 0 aliphatic carbocycles. The van der Waals surface area contributed by atoms with E-state index in [0.29, 0.717) is 43.9 Å². The first kappa shape index (κ1) is 28.5. The molecule has 10 heteroatoms. The fourth-order valence-electron chi connectivity index (χ4n) is 3.89. The average Bonchev–Trinajstić information content (AvgIpc) is 2.88. The third-order valence-corrected chi connectivity index (χ3v) is 6.78. The second-order valence-corrected chi connectivity index (χ2v) is 11.7. The van der Waals surface area contributed by atoms with Crippen LogP contribution in [0, 0.1) is 6.92 Å². The number of aryl methyl sites for hydroxylation is 1. The van der Waals surface area contributed by atoms with Crippen LogP contribution in [0.25, 0.3) is 10.9 Å². The van der Waals surface area contributed by atoms with Gasteiger partial charge in [-0.15, -0.1) is 0 Å². The molecule has 0 aliphatic rings. The van der Waals surface area contributed by atoms with Gasteiger partial charge in [-0.2, -0.15) is 9.78 Å². The van der Waals surface area contributed by atoms with Gasteiger partial charge in [0.15, 0.2) is 18.1 Å². The van der Waals surface area contributed by atoms with Crippen molar-refractivity contribution in [3.63, 3.8) is 0 Å². The number of hydrogen-bond donors (Lipinski definition) is 1. The highest BCUT2D eigenvalue weighted by molar-refractivity contribution is 9.10. The van der Waals surface area contributed by atoms with Gasteiger partial charge in [0.2, 0.25) is 0 Å². The van der Waals surface area contributed by atoms with Crippen molar-refractivity contribution in [3.8, 4) is 11.5 Å². The SMILES string of the molecule is COc1cc(Br)cc(C=Nn2c(C(C)(C)C)nc3ccc(Br)cc3c2=O)c1OCC(=O)Nc1ccccc1C. The smallest absolute Gasteiger partial charge is 0.282 e. The molecule has 0 aliphatic heterocycles. The van der Waals surface area contributed by atoms with E-state index in [1.54, 1.807) is 24.3 Å². The lowest BCUT2D eigenvalue weighted by Gasteiger charge is -2.21. The summed E-state index contributed by atoms with van der Waals surface area (Å²) >= 11 is 6.91. The predicted octanol–water partition coefficient (Wildman–Crippen LogP) is 6.44. The summed E-state index contributed by atoms with van der Waals surface area (Å²) in [5.41, 5.74) is 1.97. The minimum atomic E-state index is -0.473. The van der Waals surface area contributed by atoms with Crippen molar-refractivity contribution in [1.29, 1.82) is 0 Å². The fraction of sp³-hybridized carbons (Fsp3) is 0.241. The Morgan fingerprint density at radius 1 is 1.10 bits per heavy atom. The van der Waals surface area contributed by atoms with Crippen LogP contribution in [0.3, 0.4) is 0 Å². The number of fused-ring (bicyclic) bond motifs is 1. The van der Waals surface area contributed by atoms with E-state index < -0.39 is 5.41 Å². The van der Waals surface area contributed by atoms with Crippen LogP contribution in [-0.4, -0.2) is 35.5 Å². The number of para-hydroxylation sites is 1. The molecule has 0 saturated heterocycles. The summed E-state index contributed by atoms with van der Waals surface area (Å²) in [5, 5.41) is 7.84. The Morgan fingerprint density at radius 3 is 2.54 bits per heavy atom. The van der Waals surface area contributed by atoms with E-state index >= 15 is 0 Å². The number of amides is 1. The molecule has 0 bridgehead atoms. The number of carbonyl (C=O) groups excluding carboxylic acids is 1. The van der Waals surface area contributed by atoms with E-state index in [1.807, 2.05) is 58.0 Å². The lowest BCUT2D eigenvalue weighted by Crippen LogP contribution is -2.29. The van der Waals surface area contributed by atoms with Gasteiger partial charge in [0.25, 0.3) is 11.5 Å². The summed E-state index contributed by atoms with van der Waals surface area (Å²) in [4.78, 5) is 31.0. The lowest BCUT2D eigenvalue weighted by molar-refractivity contribution is -0.118. The number of halogens is 2. The molecule has 0 spiro atoms. The molecule has 8 nitrogen and oxygen atoms in total. The van der Waals surface area contributed by atoms with Crippen LogP contribution in [0.15, 0.2) is 73.4 Å². The van der Waals surface area contributed by atoms with Gasteiger partial charge in [-0.25, -0.2) is 4.98 Å². The Kier molecular flexibility index (Phi) is 8.56. The van der Waals surface area contributed by atoms with E-state index in [-0.39, 0.29) is 18.1 Å². The van der Waals surface area contributed by atoms with Crippen molar-refractivity contribution in [3.05, 3.63) is 90.8 Å². The maximum atomic E-state index is 13.5. The molecule has 3 aromatic carbocycles. The summed E-state index contributed by atoms with van der Waals surface area (Å²) < 4.78 is 14.2. The number of carbonyl (C=O) groups is 1. The molecule has 0 radical (unpaired) electrons. The number of hydrogen-bond acceptors (Lipinski definition) is 6. The highest BCUT2D eigenvalue weighted by Gasteiger charge is 2.23. The van der Waals surface area contributed by atoms with Crippen molar-refractivity contribution in [2.45, 2.75) is 33.1 Å². The van der Waals surface area contributed by atoms with Crippen LogP contribution in [0.5, 0.6) is 11.5 Å². The summed E-state index contributed by atoms with van der Waals surface area (Å²) in [6.07, 6.45) is 1.50. The zero-order chi connectivity index (χ0) is 28.3. The minimum Gasteiger partial charge on any atom is -0.493 e. The first-order chi connectivity index (χ1) is 18.5. The van der Waals surface area contributed by atoms with Gasteiger partial charge < -0.3 is 14.8 Å². The van der Waals surface area contributed by atoms with Crippen LogP contribution in [0.1, 0.15) is 37.7 Å². The Labute approximate surface area is 243 Å². The van der Waals surface area contributed by atoms with Crippen LogP contribution < -0.4 is 20.3 Å². The molecule has 39 heavy (non-hydrogen) atoms. The van der Waals surface area contributed by atoms with E-state index in [0.717, 1.165) is 10.0 Å². The van der Waals surface area contributed by atoms with Crippen molar-refractivity contribution in [2.75, 3.05) is 19.0 Å². The molecule has 1 heterocycles. The van der Waals surface area contributed by atoms with Crippen molar-refractivity contribution in [2.24, 2.45) is 5.10 Å². The highest BCUT2D eigenvalue weighted by atomic mass is 79.9. The number of ether oxygens (including phenoxy) is 2. The van der Waals surface area contributed by atoms with Gasteiger partial charge in [0.1, 0.15) is 5.82 Å². The topological polar surface area (TPSA) is 94.8 Å². The molecule has 1 N–H and O–H groups in total. The predicted molar refractivity (Wildman–Crippen MR) is 161 cm³/mol. The summed E-state index contributed by atoms with van der Waals surface area (Å²) in [7, 11) is 1.51. The normalized spacial score (nSPS) is 11.7. The Morgan fingerprint density at radius 2 is 1.85 bits per heavy atom. The maximum Gasteiger partial charge on any atom is 0.282 e. The standard InChI is InChI=1S/C29H28Br2N4O4/c1-17-8-6-7-9-22(17)33-25(36)16-39-26-18(12-20(31)14-24(26)38-5)15-32-35-27(37)21-13-19(30)10-11-23(21)34-28(35)29(2,3)4/h6-15H,16H2,1-5H3,(H,33,36). The molecule has 0 saturated carbocycles. The molecule has 0 fully saturated rings. The molecule has 1 aromatic heterocycles. The number of nitrogens with one attached hydrogen (secondary N) is 1. The first-order valence-corrected chi connectivity index (χ1v) is 13.7. The molecule has 0 atom stereocenters. The van der Waals surface area contributed by atoms with Gasteiger partial charge in [-0.3, -0.25) is 9.59 Å². The van der Waals surface area contributed by atoms with E-state index in [4.69, 9.17) is 14.5 Å². The van der Waals surface area contributed by atoms with Gasteiger partial charge in [-0.05, 0) is 48.9 Å². The maximum absolute atomic E-state index is 13.5. The third kappa shape index (κ3) is 6.57. The number of nitrogens with zero attached hydrogens (tertiary/aromatic N) is 3. The quantitative estimate of drug-likeness (QED) is 0.231. The van der Waals surface area contributed by atoms with Gasteiger partial charge in [0.05, 0.1) is 24.2 Å². The Balaban J connectivity index is 1.73. The zero-order valence-electron chi connectivity index (χ0n) is 22.2. The molecule has 1 amide bonds. The van der Waals surface area contributed by atoms with Crippen LogP contribution >= 0.6 is 31.9 Å². The molecule has 4 rings (SSSR count). The van der Waals surface area contributed by atoms with E-state index in [2.05, 4.69) is 42.3 Å². The second kappa shape index (κ2) is 11.7. The molecule has 0 unspecified atom stereocenters. The number of aromatic nitrogens is 2. The monoisotopic (exact) mass is 654 g/mol. The molecule has 4 aromatic rings. The van der Waals surface area contributed by atoms with Crippen molar-refractivity contribution in [1.82, 2.24) is 9.66 Å². The van der Waals surface area contributed by atoms with Crippen molar-refractivity contribution >= 4 is 60.6 Å². The highest BCUT2D eigenvalue weighted by Crippen LogP contribution is 2.34. The van der Waals surface area contributed by atoms with Crippen LogP contribution in [0.4, 0.5) is 5.69 Å². The number of rotatable bonds is 7. The summed E-state index contributed by atoms with van der Waals surface area (Å²) in [6, 6.07) is 16.4. The first-order valence-electron chi connectivity index (χ1n) is 12.1. The average molecular weight is 656 g/mol. The molecular weight excluding hydrogens is 628 g/mol. The molecule has 202 valence electrons. The molecular formula is C29H28Br2N4O4. The Bertz CT molecular complexity index is 1640. The van der Waals surface area contributed by atoms with E-state index in [1.165, 1.54) is 18.0 Å². The number of benzene rings is 3. The largest absolute Gasteiger partial charge is 0.493 e. The van der Waals surface area contributed by atoms with Crippen molar-refractivity contribution < 1.29 is 14.3 Å². The van der Waals surface area contributed by atoms with Gasteiger partial charge in [-0.1, -0.05) is 70.8 Å². The number of anilines is 1. The van der Waals surface area contributed by atoms with Crippen LogP contribution in [0.2, 0.25) is 0 Å². The summed E-state index contributed by atoms with van der Waals surface area (Å²) in [5.74, 6) is 0.887. The number of methoxy groups -OCH3 is 1. The Hall–Kier alpha value is -3.50. The third-order valence-electron chi connectivity index (χ3n) is 5.83. The zero-order valence-corrected chi connectivity index (χ0v) is 25.4. The minimum absolute atomic E-state index is 0.258. The van der Waals surface area contributed by atoms with E-state index in [9.17, 15) is 9.59 Å². The van der Waals surface area contributed by atoms with Gasteiger partial charge in [0, 0.05) is 25.6 Å². The van der Waals surface area contributed by atoms with Gasteiger partial charge >= 0.3 is 0 Å². The van der Waals surface area contributed by atoms with Crippen LogP contribution in [-0.2, 0) is 10.2 Å².